The number of carbonyl (C=O) groups excluding carboxylic acids is 1. The number of rotatable bonds is 3. The van der Waals surface area contributed by atoms with E-state index in [9.17, 15) is 14.0 Å². The van der Waals surface area contributed by atoms with Crippen LogP contribution < -0.4 is 10.3 Å². The second kappa shape index (κ2) is 7.45. The Morgan fingerprint density at radius 3 is 2.25 bits per heavy atom. The molecule has 0 saturated carbocycles. The monoisotopic (exact) mass is 427 g/mol. The minimum absolute atomic E-state index is 0.0413. The van der Waals surface area contributed by atoms with Gasteiger partial charge in [-0.05, 0) is 78.9 Å². The van der Waals surface area contributed by atoms with E-state index in [0.717, 1.165) is 23.1 Å². The van der Waals surface area contributed by atoms with Gasteiger partial charge in [0, 0.05) is 5.69 Å². The van der Waals surface area contributed by atoms with Gasteiger partial charge in [-0.15, -0.1) is 0 Å². The van der Waals surface area contributed by atoms with Crippen molar-refractivity contribution in [2.45, 2.75) is 33.2 Å². The molecule has 0 fully saturated rings. The maximum Gasteiger partial charge on any atom is 0.295 e. The van der Waals surface area contributed by atoms with Crippen LogP contribution in [0.15, 0.2) is 69.9 Å². The van der Waals surface area contributed by atoms with Crippen molar-refractivity contribution < 1.29 is 13.6 Å². The first-order valence-electron chi connectivity index (χ1n) is 10.6. The summed E-state index contributed by atoms with van der Waals surface area (Å²) in [6.07, 6.45) is 0.875. The number of aryl methyl sites for hydroxylation is 3. The lowest BCUT2D eigenvalue weighted by Gasteiger charge is -2.25. The van der Waals surface area contributed by atoms with Crippen LogP contribution in [0.5, 0.6) is 0 Å². The minimum atomic E-state index is -0.701. The molecule has 0 saturated heterocycles. The van der Waals surface area contributed by atoms with Crippen LogP contribution in [0.4, 0.5) is 10.1 Å². The maximum atomic E-state index is 13.7. The highest BCUT2D eigenvalue weighted by atomic mass is 19.1. The van der Waals surface area contributed by atoms with Gasteiger partial charge in [-0.1, -0.05) is 31.2 Å². The number of hydrogen-bond acceptors (Lipinski definition) is 3. The fourth-order valence-electron chi connectivity index (χ4n) is 4.35. The first kappa shape index (κ1) is 20.2. The van der Waals surface area contributed by atoms with Crippen LogP contribution in [0, 0.1) is 19.7 Å². The van der Waals surface area contributed by atoms with Crippen molar-refractivity contribution in [2.75, 3.05) is 4.90 Å². The van der Waals surface area contributed by atoms with E-state index >= 15 is 0 Å². The van der Waals surface area contributed by atoms with Crippen LogP contribution in [-0.2, 0) is 6.42 Å². The predicted octanol–water partition coefficient (Wildman–Crippen LogP) is 5.86. The fourth-order valence-corrected chi connectivity index (χ4v) is 4.35. The molecule has 1 unspecified atom stereocenters. The van der Waals surface area contributed by atoms with E-state index < -0.39 is 6.04 Å². The van der Waals surface area contributed by atoms with Gasteiger partial charge >= 0.3 is 0 Å². The number of fused-ring (bicyclic) bond motifs is 2. The summed E-state index contributed by atoms with van der Waals surface area (Å²) in [5.74, 6) is -0.718. The number of nitrogens with zero attached hydrogens (tertiary/aromatic N) is 1. The normalized spacial score (nSPS) is 15.4. The topological polar surface area (TPSA) is 50.5 Å². The standard InChI is InChI=1S/C27H22FNO3/c1-4-17-5-11-20(12-6-17)29-24(18-7-9-19(28)10-8-18)23-25(30)21-13-15(2)16(3)14-22(21)32-26(23)27(29)31/h5-14,24H,4H2,1-3H3. The third-order valence-corrected chi connectivity index (χ3v) is 6.29. The van der Waals surface area contributed by atoms with Gasteiger partial charge in [-0.3, -0.25) is 14.5 Å². The average Bonchev–Trinajstić information content (AvgIpc) is 3.08. The zero-order valence-corrected chi connectivity index (χ0v) is 18.1. The molecular formula is C27H22FNO3. The molecule has 160 valence electrons. The molecule has 0 spiro atoms. The van der Waals surface area contributed by atoms with Gasteiger partial charge in [0.2, 0.25) is 5.76 Å². The lowest BCUT2D eigenvalue weighted by Crippen LogP contribution is -2.29. The first-order valence-corrected chi connectivity index (χ1v) is 10.6. The van der Waals surface area contributed by atoms with Crippen molar-refractivity contribution in [3.63, 3.8) is 0 Å². The van der Waals surface area contributed by atoms with Gasteiger partial charge in [-0.2, -0.15) is 0 Å². The van der Waals surface area contributed by atoms with Crippen molar-refractivity contribution in [3.05, 3.63) is 110 Å². The molecule has 0 N–H and O–H groups in total. The van der Waals surface area contributed by atoms with Crippen LogP contribution in [0.25, 0.3) is 11.0 Å². The number of anilines is 1. The maximum absolute atomic E-state index is 13.7. The van der Waals surface area contributed by atoms with E-state index in [1.54, 1.807) is 23.1 Å². The molecule has 1 amide bonds. The number of hydrogen-bond donors (Lipinski definition) is 0. The SMILES string of the molecule is CCc1ccc(N2C(=O)c3oc4cc(C)c(C)cc4c(=O)c3C2c2ccc(F)cc2)cc1. The molecule has 0 aliphatic carbocycles. The van der Waals surface area contributed by atoms with E-state index in [1.165, 1.54) is 12.1 Å². The van der Waals surface area contributed by atoms with Crippen molar-refractivity contribution in [2.24, 2.45) is 0 Å². The second-order valence-electron chi connectivity index (χ2n) is 8.26. The largest absolute Gasteiger partial charge is 0.450 e. The Kier molecular flexibility index (Phi) is 4.70. The highest BCUT2D eigenvalue weighted by Gasteiger charge is 2.43. The molecule has 0 bridgehead atoms. The first-order chi connectivity index (χ1) is 15.4. The van der Waals surface area contributed by atoms with Gasteiger partial charge in [0.15, 0.2) is 5.43 Å². The quantitative estimate of drug-likeness (QED) is 0.411. The van der Waals surface area contributed by atoms with Crippen LogP contribution in [-0.4, -0.2) is 5.91 Å². The van der Waals surface area contributed by atoms with Crippen LogP contribution in [0.1, 0.15) is 51.3 Å². The Balaban J connectivity index is 1.79. The highest BCUT2D eigenvalue weighted by molar-refractivity contribution is 6.10. The molecular weight excluding hydrogens is 405 g/mol. The average molecular weight is 427 g/mol. The summed E-state index contributed by atoms with van der Waals surface area (Å²) in [5, 5.41) is 0.440. The molecule has 32 heavy (non-hydrogen) atoms. The van der Waals surface area contributed by atoms with Crippen LogP contribution in [0.2, 0.25) is 0 Å². The number of carbonyl (C=O) groups is 1. The van der Waals surface area contributed by atoms with E-state index in [1.807, 2.05) is 44.2 Å². The van der Waals surface area contributed by atoms with Crippen LogP contribution in [0.3, 0.4) is 0 Å². The molecule has 1 aliphatic heterocycles. The molecule has 1 aromatic heterocycles. The van der Waals surface area contributed by atoms with Gasteiger partial charge in [0.25, 0.3) is 5.91 Å². The van der Waals surface area contributed by atoms with Crippen LogP contribution >= 0.6 is 0 Å². The molecule has 2 heterocycles. The third-order valence-electron chi connectivity index (χ3n) is 6.29. The smallest absolute Gasteiger partial charge is 0.295 e. The van der Waals surface area contributed by atoms with Gasteiger partial charge in [0.1, 0.15) is 11.4 Å². The molecule has 1 atom stereocenters. The van der Waals surface area contributed by atoms with E-state index in [2.05, 4.69) is 6.92 Å². The Morgan fingerprint density at radius 2 is 1.59 bits per heavy atom. The Morgan fingerprint density at radius 1 is 0.938 bits per heavy atom. The third kappa shape index (κ3) is 3.04. The number of benzene rings is 3. The summed E-state index contributed by atoms with van der Waals surface area (Å²) in [4.78, 5) is 28.8. The second-order valence-corrected chi connectivity index (χ2v) is 8.26. The summed E-state index contributed by atoms with van der Waals surface area (Å²) in [7, 11) is 0. The van der Waals surface area contributed by atoms with E-state index in [-0.39, 0.29) is 28.5 Å². The van der Waals surface area contributed by atoms with Gasteiger partial charge < -0.3 is 4.42 Å². The van der Waals surface area contributed by atoms with Crippen molar-refractivity contribution in [1.29, 1.82) is 0 Å². The molecule has 4 aromatic rings. The fraction of sp³-hybridized carbons (Fsp3) is 0.185. The lowest BCUT2D eigenvalue weighted by molar-refractivity contribution is 0.0971. The summed E-state index contributed by atoms with van der Waals surface area (Å²) in [6, 6.07) is 16.5. The predicted molar refractivity (Wildman–Crippen MR) is 123 cm³/mol. The molecule has 4 nitrogen and oxygen atoms in total. The molecule has 5 rings (SSSR count). The van der Waals surface area contributed by atoms with Crippen molar-refractivity contribution >= 4 is 22.6 Å². The molecule has 5 heteroatoms. The van der Waals surface area contributed by atoms with Crippen molar-refractivity contribution in [1.82, 2.24) is 0 Å². The number of halogens is 1. The van der Waals surface area contributed by atoms with Crippen molar-refractivity contribution in [3.8, 4) is 0 Å². The lowest BCUT2D eigenvalue weighted by atomic mass is 9.97. The molecule has 0 radical (unpaired) electrons. The Labute approximate surface area is 184 Å². The number of amides is 1. The summed E-state index contributed by atoms with van der Waals surface area (Å²) in [5.41, 5.74) is 4.84. The minimum Gasteiger partial charge on any atom is -0.450 e. The summed E-state index contributed by atoms with van der Waals surface area (Å²) < 4.78 is 19.7. The zero-order chi connectivity index (χ0) is 22.6. The zero-order valence-electron chi connectivity index (χ0n) is 18.1. The van der Waals surface area contributed by atoms with Gasteiger partial charge in [-0.25, -0.2) is 4.39 Å². The summed E-state index contributed by atoms with van der Waals surface area (Å²) >= 11 is 0. The van der Waals surface area contributed by atoms with E-state index in [0.29, 0.717) is 22.2 Å². The van der Waals surface area contributed by atoms with E-state index in [4.69, 9.17) is 4.42 Å². The Hall–Kier alpha value is -3.73. The summed E-state index contributed by atoms with van der Waals surface area (Å²) in [6.45, 7) is 5.93. The van der Waals surface area contributed by atoms with Gasteiger partial charge in [0.05, 0.1) is 17.0 Å². The molecule has 1 aliphatic rings. The Bertz CT molecular complexity index is 1420. The molecule has 3 aromatic carbocycles. The highest BCUT2D eigenvalue weighted by Crippen LogP contribution is 2.41.